The molecule has 0 radical (unpaired) electrons. The second-order valence-electron chi connectivity index (χ2n) is 10.7. The molecule has 0 unspecified atom stereocenters. The molecule has 0 saturated heterocycles. The Hall–Kier alpha value is -4.58. The van der Waals surface area contributed by atoms with E-state index in [1.54, 1.807) is 0 Å². The van der Waals surface area contributed by atoms with Crippen LogP contribution in [0.25, 0.3) is 65.7 Å². The third kappa shape index (κ3) is 3.56. The predicted octanol–water partition coefficient (Wildman–Crippen LogP) is 8.12. The summed E-state index contributed by atoms with van der Waals surface area (Å²) in [6, 6.07) is 19.9. The lowest BCUT2D eigenvalue weighted by atomic mass is 9.95. The number of nitrogens with zero attached hydrogens (tertiary/aromatic N) is 4. The van der Waals surface area contributed by atoms with Crippen molar-refractivity contribution >= 4 is 43.4 Å². The first-order chi connectivity index (χ1) is 18.5. The van der Waals surface area contributed by atoms with Crippen molar-refractivity contribution in [3.8, 4) is 22.4 Å². The minimum atomic E-state index is 0.310. The van der Waals surface area contributed by atoms with Crippen LogP contribution in [0.5, 0.6) is 0 Å². The molecule has 3 aromatic heterocycles. The molecule has 6 nitrogen and oxygen atoms in total. The second-order valence-corrected chi connectivity index (χ2v) is 10.7. The number of benzene rings is 4. The average Bonchev–Trinajstić information content (AvgIpc) is 3.61. The Morgan fingerprint density at radius 1 is 0.579 bits per heavy atom. The molecule has 0 aliphatic heterocycles. The van der Waals surface area contributed by atoms with Crippen LogP contribution in [0.2, 0.25) is 0 Å². The van der Waals surface area contributed by atoms with Crippen LogP contribution >= 0.6 is 0 Å². The Bertz CT molecular complexity index is 1990. The van der Waals surface area contributed by atoms with E-state index in [4.69, 9.17) is 4.98 Å². The van der Waals surface area contributed by atoms with E-state index >= 15 is 0 Å². The third-order valence-electron chi connectivity index (χ3n) is 7.46. The van der Waals surface area contributed by atoms with E-state index in [9.17, 15) is 0 Å². The van der Waals surface area contributed by atoms with Crippen LogP contribution in [0, 0.1) is 0 Å². The van der Waals surface area contributed by atoms with Crippen molar-refractivity contribution in [1.82, 2.24) is 30.1 Å². The fourth-order valence-electron chi connectivity index (χ4n) is 5.31. The Labute approximate surface area is 220 Å². The largest absolute Gasteiger partial charge is 0.342 e. The Kier molecular flexibility index (Phi) is 5.05. The van der Waals surface area contributed by atoms with Gasteiger partial charge in [-0.1, -0.05) is 64.1 Å². The van der Waals surface area contributed by atoms with Crippen molar-refractivity contribution in [1.29, 1.82) is 0 Å². The predicted molar refractivity (Wildman–Crippen MR) is 155 cm³/mol. The molecule has 0 bridgehead atoms. The smallest absolute Gasteiger partial charge is 0.109 e. The zero-order valence-corrected chi connectivity index (χ0v) is 21.9. The van der Waals surface area contributed by atoms with Gasteiger partial charge in [0.05, 0.1) is 35.3 Å². The second kappa shape index (κ2) is 8.48. The Balaban J connectivity index is 1.35. The van der Waals surface area contributed by atoms with Gasteiger partial charge < -0.3 is 9.97 Å². The number of hydrogen-bond acceptors (Lipinski definition) is 4. The lowest BCUT2D eigenvalue weighted by molar-refractivity contribution is 0.795. The molecule has 186 valence electrons. The van der Waals surface area contributed by atoms with Crippen LogP contribution in [0.3, 0.4) is 0 Å². The lowest BCUT2D eigenvalue weighted by Crippen LogP contribution is -1.89. The van der Waals surface area contributed by atoms with E-state index < -0.39 is 0 Å². The van der Waals surface area contributed by atoms with E-state index in [2.05, 4.69) is 107 Å². The summed E-state index contributed by atoms with van der Waals surface area (Å²) in [5, 5.41) is 15.2. The van der Waals surface area contributed by atoms with Gasteiger partial charge in [-0.15, -0.1) is 0 Å². The number of aromatic amines is 2. The monoisotopic (exact) mass is 496 g/mol. The summed E-state index contributed by atoms with van der Waals surface area (Å²) < 4.78 is 0. The molecule has 2 N–H and O–H groups in total. The van der Waals surface area contributed by atoms with E-state index in [0.29, 0.717) is 11.8 Å². The van der Waals surface area contributed by atoms with E-state index in [-0.39, 0.29) is 0 Å². The third-order valence-corrected chi connectivity index (χ3v) is 7.46. The first-order valence-corrected chi connectivity index (χ1v) is 13.1. The van der Waals surface area contributed by atoms with Gasteiger partial charge in [0.1, 0.15) is 11.6 Å². The van der Waals surface area contributed by atoms with Gasteiger partial charge in [-0.3, -0.25) is 0 Å². The maximum absolute atomic E-state index is 4.91. The Morgan fingerprint density at radius 2 is 1.24 bits per heavy atom. The highest BCUT2D eigenvalue weighted by atomic mass is 15.1. The summed E-state index contributed by atoms with van der Waals surface area (Å²) in [6.45, 7) is 8.60. The van der Waals surface area contributed by atoms with Crippen molar-refractivity contribution in [3.63, 3.8) is 0 Å². The van der Waals surface area contributed by atoms with Crippen molar-refractivity contribution in [3.05, 3.63) is 84.8 Å². The minimum absolute atomic E-state index is 0.310. The summed E-state index contributed by atoms with van der Waals surface area (Å²) in [5.41, 5.74) is 6.56. The topological polar surface area (TPSA) is 83.1 Å². The standard InChI is InChI=1S/C32H28N6/c1-17(2)31-33-16-28(36-31)23-8-7-19-11-20(5-6-21(19)12-23)22-9-10-24-25(13-22)26-14-34-35-15-27(26)30-29(24)37-32(38-30)18(3)4/h5-18H,1-4H3,(H,33,36)(H,37,38). The van der Waals surface area contributed by atoms with Gasteiger partial charge in [-0.2, -0.15) is 10.2 Å². The molecule has 0 spiro atoms. The summed E-state index contributed by atoms with van der Waals surface area (Å²) >= 11 is 0. The zero-order valence-electron chi connectivity index (χ0n) is 21.9. The van der Waals surface area contributed by atoms with Gasteiger partial charge in [-0.25, -0.2) is 9.97 Å². The van der Waals surface area contributed by atoms with Crippen LogP contribution in [0.15, 0.2) is 73.2 Å². The first kappa shape index (κ1) is 22.6. The van der Waals surface area contributed by atoms with Gasteiger partial charge in [0, 0.05) is 33.6 Å². The molecule has 6 heteroatoms. The normalized spacial score (nSPS) is 12.2. The molecule has 4 aromatic carbocycles. The summed E-state index contributed by atoms with van der Waals surface area (Å²) in [7, 11) is 0. The first-order valence-electron chi connectivity index (χ1n) is 13.1. The van der Waals surface area contributed by atoms with E-state index in [1.165, 1.54) is 21.9 Å². The Morgan fingerprint density at radius 3 is 1.97 bits per heavy atom. The van der Waals surface area contributed by atoms with Crippen LogP contribution in [-0.2, 0) is 0 Å². The molecule has 0 aliphatic rings. The number of rotatable bonds is 4. The van der Waals surface area contributed by atoms with E-state index in [0.717, 1.165) is 55.5 Å². The highest BCUT2D eigenvalue weighted by molar-refractivity contribution is 6.23. The number of H-pyrrole nitrogens is 2. The fraction of sp³-hybridized carbons (Fsp3) is 0.188. The number of fused-ring (bicyclic) bond motifs is 7. The number of hydrogen-bond donors (Lipinski definition) is 2. The van der Waals surface area contributed by atoms with Gasteiger partial charge in [-0.05, 0) is 45.5 Å². The number of aromatic nitrogens is 6. The van der Waals surface area contributed by atoms with Crippen molar-refractivity contribution in [2.75, 3.05) is 0 Å². The molecule has 0 aliphatic carbocycles. The zero-order chi connectivity index (χ0) is 26.0. The SMILES string of the molecule is CC(C)c1ncc(-c2ccc3cc(-c4ccc5c(c4)c4cnncc4c4nc(C(C)C)[nH]c54)ccc3c2)[nH]1. The molecular formula is C32H28N6. The van der Waals surface area contributed by atoms with Gasteiger partial charge in [0.2, 0.25) is 0 Å². The molecule has 0 atom stereocenters. The number of nitrogens with one attached hydrogen (secondary N) is 2. The van der Waals surface area contributed by atoms with Crippen LogP contribution in [-0.4, -0.2) is 30.1 Å². The molecule has 7 aromatic rings. The quantitative estimate of drug-likeness (QED) is 0.241. The van der Waals surface area contributed by atoms with Gasteiger partial charge in [0.15, 0.2) is 0 Å². The highest BCUT2D eigenvalue weighted by Crippen LogP contribution is 2.37. The van der Waals surface area contributed by atoms with Crippen LogP contribution in [0.4, 0.5) is 0 Å². The van der Waals surface area contributed by atoms with Crippen LogP contribution in [0.1, 0.15) is 51.2 Å². The van der Waals surface area contributed by atoms with Gasteiger partial charge in [0.25, 0.3) is 0 Å². The molecular weight excluding hydrogens is 468 g/mol. The molecule has 3 heterocycles. The fourth-order valence-corrected chi connectivity index (χ4v) is 5.31. The molecule has 7 rings (SSSR count). The van der Waals surface area contributed by atoms with Crippen molar-refractivity contribution < 1.29 is 0 Å². The maximum atomic E-state index is 4.91. The van der Waals surface area contributed by atoms with Crippen molar-refractivity contribution in [2.45, 2.75) is 39.5 Å². The molecule has 0 saturated carbocycles. The summed E-state index contributed by atoms with van der Waals surface area (Å²) in [5.74, 6) is 2.68. The highest BCUT2D eigenvalue weighted by Gasteiger charge is 2.16. The van der Waals surface area contributed by atoms with Gasteiger partial charge >= 0.3 is 0 Å². The number of imidazole rings is 2. The molecule has 38 heavy (non-hydrogen) atoms. The summed E-state index contributed by atoms with van der Waals surface area (Å²) in [6.07, 6.45) is 5.61. The van der Waals surface area contributed by atoms with Crippen LogP contribution < -0.4 is 0 Å². The average molecular weight is 497 g/mol. The lowest BCUT2D eigenvalue weighted by Gasteiger charge is -2.10. The molecule has 0 amide bonds. The summed E-state index contributed by atoms with van der Waals surface area (Å²) in [4.78, 5) is 16.5. The minimum Gasteiger partial charge on any atom is -0.342 e. The van der Waals surface area contributed by atoms with Crippen molar-refractivity contribution in [2.24, 2.45) is 0 Å². The molecule has 0 fully saturated rings. The maximum Gasteiger partial charge on any atom is 0.109 e. The van der Waals surface area contributed by atoms with E-state index in [1.807, 2.05) is 18.6 Å².